The van der Waals surface area contributed by atoms with E-state index >= 15 is 0 Å². The fraction of sp³-hybridized carbons (Fsp3) is 0.308. The van der Waals surface area contributed by atoms with Gasteiger partial charge in [0.1, 0.15) is 0 Å². The van der Waals surface area contributed by atoms with Gasteiger partial charge in [0, 0.05) is 13.1 Å². The molecule has 1 aromatic carbocycles. The summed E-state index contributed by atoms with van der Waals surface area (Å²) in [5.41, 5.74) is 0.926. The van der Waals surface area contributed by atoms with Gasteiger partial charge in [-0.1, -0.05) is 41.9 Å². The van der Waals surface area contributed by atoms with Crippen molar-refractivity contribution in [2.24, 2.45) is 7.05 Å². The lowest BCUT2D eigenvalue weighted by molar-refractivity contribution is 0.256. The van der Waals surface area contributed by atoms with E-state index in [0.29, 0.717) is 6.42 Å². The van der Waals surface area contributed by atoms with Crippen LogP contribution in [-0.4, -0.2) is 36.0 Å². The molecule has 8 heteroatoms. The van der Waals surface area contributed by atoms with Crippen molar-refractivity contribution in [1.29, 1.82) is 0 Å². The Morgan fingerprint density at radius 2 is 2.05 bits per heavy atom. The number of hydrogen-bond acceptors (Lipinski definition) is 4. The number of sulfonamides is 1. The molecule has 0 unspecified atom stereocenters. The van der Waals surface area contributed by atoms with Crippen LogP contribution in [0.3, 0.4) is 0 Å². The lowest BCUT2D eigenvalue weighted by Gasteiger charge is -2.16. The Balaban J connectivity index is 2.18. The van der Waals surface area contributed by atoms with Gasteiger partial charge in [-0.05, 0) is 12.0 Å². The third-order valence-corrected chi connectivity index (χ3v) is 4.99. The van der Waals surface area contributed by atoms with Crippen LogP contribution in [0, 0.1) is 0 Å². The van der Waals surface area contributed by atoms with E-state index < -0.39 is 16.1 Å². The van der Waals surface area contributed by atoms with E-state index in [1.54, 1.807) is 0 Å². The largest absolute Gasteiger partial charge is 0.395 e. The highest BCUT2D eigenvalue weighted by molar-refractivity contribution is 7.89. The van der Waals surface area contributed by atoms with Crippen LogP contribution >= 0.6 is 11.6 Å². The Morgan fingerprint density at radius 3 is 2.57 bits per heavy atom. The van der Waals surface area contributed by atoms with Gasteiger partial charge in [0.25, 0.3) is 10.0 Å². The SMILES string of the molecule is Cn1ncc(Cl)c1S(=O)(=O)N[C@@H](CO)Cc1ccccc1. The Hall–Kier alpha value is -1.41. The summed E-state index contributed by atoms with van der Waals surface area (Å²) >= 11 is 5.85. The number of nitrogens with zero attached hydrogens (tertiary/aromatic N) is 2. The predicted octanol–water partition coefficient (Wildman–Crippen LogP) is 0.955. The molecule has 0 amide bonds. The van der Waals surface area contributed by atoms with Gasteiger partial charge in [0.2, 0.25) is 0 Å². The average Bonchev–Trinajstić information content (AvgIpc) is 2.79. The second-order valence-electron chi connectivity index (χ2n) is 4.61. The quantitative estimate of drug-likeness (QED) is 0.826. The Kier molecular flexibility index (Phi) is 5.00. The maximum Gasteiger partial charge on any atom is 0.259 e. The molecule has 21 heavy (non-hydrogen) atoms. The second kappa shape index (κ2) is 6.57. The van der Waals surface area contributed by atoms with Gasteiger partial charge < -0.3 is 5.11 Å². The van der Waals surface area contributed by atoms with Crippen LogP contribution in [0.2, 0.25) is 5.02 Å². The second-order valence-corrected chi connectivity index (χ2v) is 6.65. The Labute approximate surface area is 128 Å². The summed E-state index contributed by atoms with van der Waals surface area (Å²) in [5.74, 6) is 0. The molecule has 114 valence electrons. The zero-order valence-corrected chi connectivity index (χ0v) is 13.0. The van der Waals surface area contributed by atoms with Crippen LogP contribution in [0.15, 0.2) is 41.6 Å². The smallest absolute Gasteiger partial charge is 0.259 e. The lowest BCUT2D eigenvalue weighted by atomic mass is 10.1. The van der Waals surface area contributed by atoms with Crippen molar-refractivity contribution in [3.8, 4) is 0 Å². The van der Waals surface area contributed by atoms with Gasteiger partial charge >= 0.3 is 0 Å². The average molecular weight is 330 g/mol. The van der Waals surface area contributed by atoms with Crippen LogP contribution in [0.1, 0.15) is 5.56 Å². The molecular formula is C13H16ClN3O3S. The van der Waals surface area contributed by atoms with Crippen LogP contribution < -0.4 is 4.72 Å². The van der Waals surface area contributed by atoms with E-state index in [4.69, 9.17) is 11.6 Å². The van der Waals surface area contributed by atoms with Crippen molar-refractivity contribution in [2.75, 3.05) is 6.61 Å². The summed E-state index contributed by atoms with van der Waals surface area (Å²) in [6.45, 7) is -0.316. The Bertz CT molecular complexity index is 681. The van der Waals surface area contributed by atoms with Crippen LogP contribution in [0.25, 0.3) is 0 Å². The van der Waals surface area contributed by atoms with Gasteiger partial charge in [-0.3, -0.25) is 4.68 Å². The summed E-state index contributed by atoms with van der Waals surface area (Å²) in [4.78, 5) is 0. The highest BCUT2D eigenvalue weighted by Gasteiger charge is 2.25. The third-order valence-electron chi connectivity index (χ3n) is 2.96. The van der Waals surface area contributed by atoms with Crippen molar-refractivity contribution in [3.05, 3.63) is 47.1 Å². The van der Waals surface area contributed by atoms with Gasteiger partial charge in [0.05, 0.1) is 17.8 Å². The summed E-state index contributed by atoms with van der Waals surface area (Å²) < 4.78 is 28.3. The number of aryl methyl sites for hydroxylation is 1. The van der Waals surface area contributed by atoms with Crippen molar-refractivity contribution < 1.29 is 13.5 Å². The monoisotopic (exact) mass is 329 g/mol. The molecule has 0 saturated carbocycles. The molecule has 0 aliphatic heterocycles. The number of aliphatic hydroxyl groups is 1. The Morgan fingerprint density at radius 1 is 1.38 bits per heavy atom. The predicted molar refractivity (Wildman–Crippen MR) is 79.6 cm³/mol. The lowest BCUT2D eigenvalue weighted by Crippen LogP contribution is -2.39. The summed E-state index contributed by atoms with van der Waals surface area (Å²) in [5, 5.41) is 13.1. The summed E-state index contributed by atoms with van der Waals surface area (Å²) in [7, 11) is -2.36. The van der Waals surface area contributed by atoms with Crippen molar-refractivity contribution in [3.63, 3.8) is 0 Å². The maximum absolute atomic E-state index is 12.3. The minimum absolute atomic E-state index is 0.0430. The van der Waals surface area contributed by atoms with Crippen molar-refractivity contribution in [2.45, 2.75) is 17.5 Å². The number of hydrogen-bond donors (Lipinski definition) is 2. The van der Waals surface area contributed by atoms with E-state index in [9.17, 15) is 13.5 Å². The zero-order valence-electron chi connectivity index (χ0n) is 11.4. The fourth-order valence-electron chi connectivity index (χ4n) is 2.02. The molecule has 2 N–H and O–H groups in total. The molecule has 1 aromatic heterocycles. The van der Waals surface area contributed by atoms with E-state index in [-0.39, 0.29) is 16.7 Å². The number of nitrogens with one attached hydrogen (secondary N) is 1. The molecule has 2 rings (SSSR count). The minimum atomic E-state index is -3.85. The molecule has 0 fully saturated rings. The minimum Gasteiger partial charge on any atom is -0.395 e. The van der Waals surface area contributed by atoms with E-state index in [0.717, 1.165) is 5.56 Å². The first-order chi connectivity index (χ1) is 9.94. The fourth-order valence-corrected chi connectivity index (χ4v) is 3.90. The molecule has 0 aliphatic carbocycles. The molecule has 1 heterocycles. The highest BCUT2D eigenvalue weighted by Crippen LogP contribution is 2.20. The number of aromatic nitrogens is 2. The van der Waals surface area contributed by atoms with Crippen molar-refractivity contribution >= 4 is 21.6 Å². The van der Waals surface area contributed by atoms with Gasteiger partial charge in [-0.15, -0.1) is 0 Å². The van der Waals surface area contributed by atoms with Crippen LogP contribution in [0.4, 0.5) is 0 Å². The first-order valence-corrected chi connectivity index (χ1v) is 8.15. The van der Waals surface area contributed by atoms with E-state index in [1.807, 2.05) is 30.3 Å². The topological polar surface area (TPSA) is 84.2 Å². The van der Waals surface area contributed by atoms with Crippen LogP contribution in [0.5, 0.6) is 0 Å². The van der Waals surface area contributed by atoms with Crippen molar-refractivity contribution in [1.82, 2.24) is 14.5 Å². The first-order valence-electron chi connectivity index (χ1n) is 6.28. The normalized spacial score (nSPS) is 13.3. The zero-order chi connectivity index (χ0) is 15.5. The van der Waals surface area contributed by atoms with Gasteiger partial charge in [0.15, 0.2) is 5.03 Å². The molecule has 0 radical (unpaired) electrons. The van der Waals surface area contributed by atoms with E-state index in [1.165, 1.54) is 17.9 Å². The maximum atomic E-state index is 12.3. The molecule has 6 nitrogen and oxygen atoms in total. The number of aliphatic hydroxyl groups excluding tert-OH is 1. The molecule has 0 saturated heterocycles. The standard InChI is InChI=1S/C13H16ClN3O3S/c1-17-13(12(14)8-15-17)21(19,20)16-11(9-18)7-10-5-3-2-4-6-10/h2-6,8,11,16,18H,7,9H2,1H3/t11-/m1/s1. The number of benzene rings is 1. The summed E-state index contributed by atoms with van der Waals surface area (Å²) in [6, 6.07) is 8.69. The highest BCUT2D eigenvalue weighted by atomic mass is 35.5. The number of halogens is 1. The number of rotatable bonds is 6. The molecular weight excluding hydrogens is 314 g/mol. The first kappa shape index (κ1) is 16.0. The summed E-state index contributed by atoms with van der Waals surface area (Å²) in [6.07, 6.45) is 1.65. The van der Waals surface area contributed by atoms with Gasteiger partial charge in [-0.2, -0.15) is 5.10 Å². The van der Waals surface area contributed by atoms with Crippen LogP contribution in [-0.2, 0) is 23.5 Å². The molecule has 0 aliphatic rings. The van der Waals surface area contributed by atoms with Gasteiger partial charge in [-0.25, -0.2) is 13.1 Å². The molecule has 1 atom stereocenters. The molecule has 0 spiro atoms. The third kappa shape index (κ3) is 3.82. The molecule has 0 bridgehead atoms. The van der Waals surface area contributed by atoms with E-state index in [2.05, 4.69) is 9.82 Å². The molecule has 2 aromatic rings.